The molecule has 4 aliphatic heterocycles. The molecule has 1 unspecified atom stereocenters. The van der Waals surface area contributed by atoms with Gasteiger partial charge < -0.3 is 19.7 Å². The average Bonchev–Trinajstić information content (AvgIpc) is 4.08. The van der Waals surface area contributed by atoms with Gasteiger partial charge in [-0.1, -0.05) is 24.3 Å². The molecule has 4 saturated heterocycles. The Labute approximate surface area is 378 Å². The topological polar surface area (TPSA) is 149 Å². The number of aromatic amines is 1. The number of nitrogens with one attached hydrogen (secondary N) is 3. The highest BCUT2D eigenvalue weighted by Crippen LogP contribution is 2.35. The van der Waals surface area contributed by atoms with E-state index < -0.39 is 6.04 Å². The number of carbonyl (C=O) groups excluding carboxylic acids is 3. The summed E-state index contributed by atoms with van der Waals surface area (Å²) >= 11 is 0. The predicted octanol–water partition coefficient (Wildman–Crippen LogP) is 7.25. The minimum absolute atomic E-state index is 0.155. The minimum Gasteiger partial charge on any atom is -0.373 e. The number of hydrogen-bond acceptors (Lipinski definition) is 9. The third-order valence-corrected chi connectivity index (χ3v) is 14.9. The van der Waals surface area contributed by atoms with Crippen molar-refractivity contribution in [2.24, 2.45) is 13.0 Å². The SMILES string of the molecule is Cn1c(CN2CCC(c3ccc(C(=O)N4CCC(CN5CCC(n6ncc7c(NC8CCC(=O)NC8=O)cccc76)CC5)CC4)cc3)CC2)cc2c(-c3ccc4[nH]ncc4c3)ccnc21. The van der Waals surface area contributed by atoms with Crippen molar-refractivity contribution in [3.05, 3.63) is 108 Å². The molecule has 3 aromatic carbocycles. The van der Waals surface area contributed by atoms with Gasteiger partial charge in [-0.2, -0.15) is 10.2 Å². The molecule has 0 radical (unpaired) electrons. The van der Waals surface area contributed by atoms with Gasteiger partial charge in [0.2, 0.25) is 11.8 Å². The van der Waals surface area contributed by atoms with Crippen molar-refractivity contribution in [2.45, 2.75) is 75.9 Å². The molecule has 0 bridgehead atoms. The van der Waals surface area contributed by atoms with Crippen LogP contribution < -0.4 is 10.6 Å². The lowest BCUT2D eigenvalue weighted by molar-refractivity contribution is -0.133. The van der Waals surface area contributed by atoms with Gasteiger partial charge in [0.15, 0.2) is 0 Å². The van der Waals surface area contributed by atoms with Gasteiger partial charge in [0.25, 0.3) is 5.91 Å². The third kappa shape index (κ3) is 8.29. The monoisotopic (exact) mass is 871 g/mol. The van der Waals surface area contributed by atoms with E-state index in [4.69, 9.17) is 10.1 Å². The maximum atomic E-state index is 13.7. The van der Waals surface area contributed by atoms with Crippen LogP contribution in [-0.4, -0.2) is 114 Å². The van der Waals surface area contributed by atoms with Gasteiger partial charge in [-0.3, -0.25) is 34.4 Å². The summed E-state index contributed by atoms with van der Waals surface area (Å²) in [4.78, 5) is 49.7. The molecular weight excluding hydrogens is 815 g/mol. The Morgan fingerprint density at radius 2 is 1.62 bits per heavy atom. The number of fused-ring (bicyclic) bond motifs is 3. The molecule has 0 spiro atoms. The second-order valence-corrected chi connectivity index (χ2v) is 18.9. The first-order valence-electron chi connectivity index (χ1n) is 23.6. The first kappa shape index (κ1) is 41.3. The van der Waals surface area contributed by atoms with Crippen LogP contribution in [-0.2, 0) is 23.2 Å². The standard InChI is InChI=1S/C51H57N11O3/c1-58-40(28-42-41(13-20-52-49(42)58)37-9-10-44-38(27-37)29-53-57-44)32-60-21-16-35(17-22-60)34-5-7-36(8-6-34)51(65)61-25-14-33(15-26-61)31-59-23-18-39(19-24-59)62-47-4-2-3-45(43(47)30-54-62)55-46-11-12-48(63)56-50(46)64/h2-10,13,20,27-30,33,35,39,46,55H,11-12,14-19,21-26,31-32H2,1H3,(H,53,57)(H,56,63,64). The maximum absolute atomic E-state index is 13.7. The normalized spacial score (nSPS) is 20.0. The molecule has 4 fully saturated rings. The number of amides is 3. The lowest BCUT2D eigenvalue weighted by atomic mass is 9.88. The minimum atomic E-state index is -0.430. The molecule has 0 aliphatic carbocycles. The number of aromatic nitrogens is 6. The fraction of sp³-hybridized carbons (Fsp3) is 0.412. The number of benzene rings is 3. The van der Waals surface area contributed by atoms with Gasteiger partial charge in [-0.25, -0.2) is 4.98 Å². The van der Waals surface area contributed by atoms with Gasteiger partial charge in [0.05, 0.1) is 29.5 Å². The van der Waals surface area contributed by atoms with Crippen molar-refractivity contribution in [3.63, 3.8) is 0 Å². The second kappa shape index (κ2) is 17.5. The molecule has 334 valence electrons. The van der Waals surface area contributed by atoms with Crippen LogP contribution >= 0.6 is 0 Å². The molecule has 7 aromatic rings. The zero-order valence-electron chi connectivity index (χ0n) is 37.1. The summed E-state index contributed by atoms with van der Waals surface area (Å²) in [5.74, 6) is 0.758. The van der Waals surface area contributed by atoms with Gasteiger partial charge in [0.1, 0.15) is 11.7 Å². The highest BCUT2D eigenvalue weighted by Gasteiger charge is 2.30. The van der Waals surface area contributed by atoms with Crippen LogP contribution in [0.15, 0.2) is 91.4 Å². The molecule has 65 heavy (non-hydrogen) atoms. The Morgan fingerprint density at radius 3 is 2.42 bits per heavy atom. The predicted molar refractivity (Wildman–Crippen MR) is 252 cm³/mol. The van der Waals surface area contributed by atoms with Crippen molar-refractivity contribution < 1.29 is 14.4 Å². The molecule has 14 nitrogen and oxygen atoms in total. The zero-order chi connectivity index (χ0) is 44.0. The second-order valence-electron chi connectivity index (χ2n) is 18.9. The van der Waals surface area contributed by atoms with Gasteiger partial charge in [0, 0.05) is 92.0 Å². The lowest BCUT2D eigenvalue weighted by Gasteiger charge is -2.38. The Kier molecular flexibility index (Phi) is 11.2. The van der Waals surface area contributed by atoms with Crippen LogP contribution in [0.1, 0.15) is 84.9 Å². The number of piperidine rings is 4. The van der Waals surface area contributed by atoms with Crippen LogP contribution in [0.4, 0.5) is 5.69 Å². The molecule has 4 aromatic heterocycles. The van der Waals surface area contributed by atoms with E-state index in [0.717, 1.165) is 130 Å². The van der Waals surface area contributed by atoms with E-state index in [-0.39, 0.29) is 17.7 Å². The number of hydrogen-bond donors (Lipinski definition) is 3. The summed E-state index contributed by atoms with van der Waals surface area (Å²) in [7, 11) is 2.13. The van der Waals surface area contributed by atoms with Gasteiger partial charge in [-0.15, -0.1) is 0 Å². The summed E-state index contributed by atoms with van der Waals surface area (Å²) in [5.41, 5.74) is 9.75. The summed E-state index contributed by atoms with van der Waals surface area (Å²) in [6, 6.07) is 25.4. The average molecular weight is 872 g/mol. The molecule has 8 heterocycles. The molecule has 0 saturated carbocycles. The number of H-pyrrole nitrogens is 1. The Morgan fingerprint density at radius 1 is 0.815 bits per heavy atom. The van der Waals surface area contributed by atoms with Crippen molar-refractivity contribution in [3.8, 4) is 11.1 Å². The molecule has 11 rings (SSSR count). The fourth-order valence-corrected chi connectivity index (χ4v) is 11.1. The Hall–Kier alpha value is -6.38. The number of rotatable bonds is 10. The molecule has 1 atom stereocenters. The highest BCUT2D eigenvalue weighted by atomic mass is 16.2. The van der Waals surface area contributed by atoms with Gasteiger partial charge in [-0.05, 0) is 135 Å². The van der Waals surface area contributed by atoms with Crippen LogP contribution in [0.5, 0.6) is 0 Å². The Balaban J connectivity index is 0.633. The van der Waals surface area contributed by atoms with E-state index in [1.54, 1.807) is 0 Å². The molecule has 3 N–H and O–H groups in total. The van der Waals surface area contributed by atoms with Crippen LogP contribution in [0.2, 0.25) is 0 Å². The van der Waals surface area contributed by atoms with Crippen LogP contribution in [0.25, 0.3) is 44.0 Å². The maximum Gasteiger partial charge on any atom is 0.253 e. The summed E-state index contributed by atoms with van der Waals surface area (Å²) in [6.45, 7) is 7.71. The quantitative estimate of drug-likeness (QED) is 0.121. The number of likely N-dealkylation sites (tertiary alicyclic amines) is 3. The van der Waals surface area contributed by atoms with Crippen LogP contribution in [0, 0.1) is 5.92 Å². The van der Waals surface area contributed by atoms with Crippen molar-refractivity contribution in [2.75, 3.05) is 51.1 Å². The van der Waals surface area contributed by atoms with E-state index in [9.17, 15) is 14.4 Å². The molecule has 14 heteroatoms. The smallest absolute Gasteiger partial charge is 0.253 e. The van der Waals surface area contributed by atoms with Crippen molar-refractivity contribution in [1.82, 2.24) is 49.5 Å². The number of imide groups is 1. The van der Waals surface area contributed by atoms with E-state index in [2.05, 4.69) is 112 Å². The van der Waals surface area contributed by atoms with E-state index in [1.807, 2.05) is 30.7 Å². The van der Waals surface area contributed by atoms with Gasteiger partial charge >= 0.3 is 0 Å². The number of aryl methyl sites for hydroxylation is 1. The molecule has 4 aliphatic rings. The number of anilines is 1. The highest BCUT2D eigenvalue weighted by molar-refractivity contribution is 6.03. The van der Waals surface area contributed by atoms with E-state index >= 15 is 0 Å². The first-order chi connectivity index (χ1) is 31.8. The van der Waals surface area contributed by atoms with E-state index in [0.29, 0.717) is 30.7 Å². The third-order valence-electron chi connectivity index (χ3n) is 14.9. The first-order valence-corrected chi connectivity index (χ1v) is 23.6. The molecular formula is C51H57N11O3. The van der Waals surface area contributed by atoms with Crippen molar-refractivity contribution in [1.29, 1.82) is 0 Å². The van der Waals surface area contributed by atoms with Crippen molar-refractivity contribution >= 4 is 56.2 Å². The zero-order valence-corrected chi connectivity index (χ0v) is 37.1. The number of pyridine rings is 1. The van der Waals surface area contributed by atoms with E-state index in [1.165, 1.54) is 27.8 Å². The Bertz CT molecular complexity index is 2870. The summed E-state index contributed by atoms with van der Waals surface area (Å²) in [6.07, 6.45) is 12.9. The number of nitrogens with zero attached hydrogens (tertiary/aromatic N) is 8. The largest absolute Gasteiger partial charge is 0.373 e. The number of carbonyl (C=O) groups is 3. The fourth-order valence-electron chi connectivity index (χ4n) is 11.1. The van der Waals surface area contributed by atoms with Crippen LogP contribution in [0.3, 0.4) is 0 Å². The molecule has 3 amide bonds. The summed E-state index contributed by atoms with van der Waals surface area (Å²) < 4.78 is 4.41. The lowest BCUT2D eigenvalue weighted by Crippen LogP contribution is -2.47. The summed E-state index contributed by atoms with van der Waals surface area (Å²) in [5, 5.41) is 21.1.